The fraction of sp³-hybridized carbons (Fsp3) is 0.533. The highest BCUT2D eigenvalue weighted by atomic mass is 16.5. The van der Waals surface area contributed by atoms with Crippen molar-refractivity contribution >= 4 is 5.91 Å². The fourth-order valence-electron chi connectivity index (χ4n) is 2.96. The van der Waals surface area contributed by atoms with Gasteiger partial charge in [0.1, 0.15) is 0 Å². The summed E-state index contributed by atoms with van der Waals surface area (Å²) in [6, 6.07) is 1.91. The van der Waals surface area contributed by atoms with Crippen LogP contribution in [0.1, 0.15) is 43.5 Å². The molecule has 1 amide bonds. The minimum absolute atomic E-state index is 0.219. The zero-order valence-corrected chi connectivity index (χ0v) is 12.4. The summed E-state index contributed by atoms with van der Waals surface area (Å²) in [5, 5.41) is 11.2. The number of aromatic nitrogens is 3. The molecule has 2 aromatic heterocycles. The van der Waals surface area contributed by atoms with Gasteiger partial charge in [-0.05, 0) is 19.8 Å². The van der Waals surface area contributed by atoms with Crippen molar-refractivity contribution in [1.29, 1.82) is 0 Å². The second kappa shape index (κ2) is 5.71. The highest BCUT2D eigenvalue weighted by Gasteiger charge is 2.27. The van der Waals surface area contributed by atoms with Crippen LogP contribution in [0, 0.1) is 6.92 Å². The zero-order valence-electron chi connectivity index (χ0n) is 12.4. The van der Waals surface area contributed by atoms with Gasteiger partial charge < -0.3 is 9.42 Å². The third-order valence-electron chi connectivity index (χ3n) is 4.05. The van der Waals surface area contributed by atoms with Crippen LogP contribution in [0.4, 0.5) is 0 Å². The van der Waals surface area contributed by atoms with Crippen LogP contribution < -0.4 is 0 Å². The molecule has 0 aromatic carbocycles. The molecule has 3 heterocycles. The summed E-state index contributed by atoms with van der Waals surface area (Å²) in [6.45, 7) is 5.41. The van der Waals surface area contributed by atoms with Gasteiger partial charge in [-0.2, -0.15) is 5.10 Å². The molecule has 1 fully saturated rings. The normalized spacial score (nSPS) is 19.0. The average molecular weight is 288 g/mol. The van der Waals surface area contributed by atoms with E-state index < -0.39 is 0 Å². The van der Waals surface area contributed by atoms with E-state index in [-0.39, 0.29) is 11.8 Å². The van der Waals surface area contributed by atoms with Gasteiger partial charge in [0, 0.05) is 31.5 Å². The Hall–Kier alpha value is -2.11. The number of carbonyl (C=O) groups is 1. The second-order valence-corrected chi connectivity index (χ2v) is 5.56. The molecule has 1 aliphatic rings. The predicted octanol–water partition coefficient (Wildman–Crippen LogP) is 2.49. The molecule has 6 nitrogen and oxygen atoms in total. The third kappa shape index (κ3) is 2.70. The summed E-state index contributed by atoms with van der Waals surface area (Å²) in [6.07, 6.45) is 4.40. The summed E-state index contributed by atoms with van der Waals surface area (Å²) in [4.78, 5) is 13.9. The molecule has 1 N–H and O–H groups in total. The highest BCUT2D eigenvalue weighted by molar-refractivity contribution is 5.76. The number of aromatic amines is 1. The summed E-state index contributed by atoms with van der Waals surface area (Å²) >= 11 is 0. The van der Waals surface area contributed by atoms with Crippen molar-refractivity contribution in [3.63, 3.8) is 0 Å². The molecule has 3 rings (SSSR count). The molecule has 0 bridgehead atoms. The van der Waals surface area contributed by atoms with Crippen LogP contribution in [-0.4, -0.2) is 39.3 Å². The smallest absolute Gasteiger partial charge is 0.222 e. The fourth-order valence-corrected chi connectivity index (χ4v) is 2.96. The van der Waals surface area contributed by atoms with Crippen LogP contribution in [0.3, 0.4) is 0 Å². The maximum absolute atomic E-state index is 11.9. The quantitative estimate of drug-likeness (QED) is 0.941. The number of aryl methyl sites for hydroxylation is 1. The van der Waals surface area contributed by atoms with Crippen molar-refractivity contribution in [2.24, 2.45) is 0 Å². The van der Waals surface area contributed by atoms with Crippen molar-refractivity contribution in [3.05, 3.63) is 23.7 Å². The number of nitrogens with zero attached hydrogens (tertiary/aromatic N) is 3. The molecule has 0 aliphatic carbocycles. The standard InChI is InChI=1S/C15H20N4O2/c1-3-14(20)19-6-4-5-11(9-19)15-12(8-16-17-15)13-7-10(2)18-21-13/h7-8,11H,3-6,9H2,1-2H3,(H,16,17)/t11-/m1/s1. The number of hydrogen-bond donors (Lipinski definition) is 1. The van der Waals surface area contributed by atoms with E-state index in [2.05, 4.69) is 15.4 Å². The summed E-state index contributed by atoms with van der Waals surface area (Å²) in [7, 11) is 0. The number of likely N-dealkylation sites (tertiary alicyclic amines) is 1. The predicted molar refractivity (Wildman–Crippen MR) is 77.7 cm³/mol. The Balaban J connectivity index is 1.84. The van der Waals surface area contributed by atoms with Crippen LogP contribution >= 0.6 is 0 Å². The molecular weight excluding hydrogens is 268 g/mol. The maximum atomic E-state index is 11.9. The van der Waals surface area contributed by atoms with Gasteiger partial charge in [-0.1, -0.05) is 12.1 Å². The highest BCUT2D eigenvalue weighted by Crippen LogP contribution is 2.33. The van der Waals surface area contributed by atoms with Crippen LogP contribution in [0.25, 0.3) is 11.3 Å². The van der Waals surface area contributed by atoms with E-state index in [9.17, 15) is 4.79 Å². The van der Waals surface area contributed by atoms with E-state index in [1.54, 1.807) is 6.20 Å². The van der Waals surface area contributed by atoms with Crippen LogP contribution in [-0.2, 0) is 4.79 Å². The Kier molecular flexibility index (Phi) is 3.77. The van der Waals surface area contributed by atoms with Gasteiger partial charge in [-0.25, -0.2) is 0 Å². The minimum Gasteiger partial charge on any atom is -0.356 e. The Labute approximate surface area is 123 Å². The number of piperidine rings is 1. The zero-order chi connectivity index (χ0) is 14.8. The number of amides is 1. The number of H-pyrrole nitrogens is 1. The first-order chi connectivity index (χ1) is 10.2. The largest absolute Gasteiger partial charge is 0.356 e. The van der Waals surface area contributed by atoms with Crippen LogP contribution in [0.2, 0.25) is 0 Å². The Morgan fingerprint density at radius 3 is 3.14 bits per heavy atom. The van der Waals surface area contributed by atoms with Crippen molar-refractivity contribution in [2.45, 2.75) is 39.0 Å². The molecule has 0 spiro atoms. The van der Waals surface area contributed by atoms with E-state index in [0.717, 1.165) is 48.6 Å². The lowest BCUT2D eigenvalue weighted by molar-refractivity contribution is -0.132. The molecule has 0 saturated carbocycles. The van der Waals surface area contributed by atoms with Gasteiger partial charge in [-0.3, -0.25) is 9.89 Å². The van der Waals surface area contributed by atoms with Gasteiger partial charge in [-0.15, -0.1) is 0 Å². The molecule has 1 atom stereocenters. The second-order valence-electron chi connectivity index (χ2n) is 5.56. The molecule has 6 heteroatoms. The minimum atomic E-state index is 0.219. The van der Waals surface area contributed by atoms with Crippen molar-refractivity contribution < 1.29 is 9.32 Å². The Morgan fingerprint density at radius 1 is 1.57 bits per heavy atom. The number of nitrogens with one attached hydrogen (secondary N) is 1. The van der Waals surface area contributed by atoms with E-state index in [4.69, 9.17) is 4.52 Å². The maximum Gasteiger partial charge on any atom is 0.222 e. The van der Waals surface area contributed by atoms with Gasteiger partial charge in [0.15, 0.2) is 5.76 Å². The lowest BCUT2D eigenvalue weighted by atomic mass is 9.92. The van der Waals surface area contributed by atoms with Crippen molar-refractivity contribution in [1.82, 2.24) is 20.3 Å². The Morgan fingerprint density at radius 2 is 2.43 bits per heavy atom. The number of hydrogen-bond acceptors (Lipinski definition) is 4. The SMILES string of the molecule is CCC(=O)N1CCC[C@@H](c2[nH]ncc2-c2cc(C)no2)C1. The third-order valence-corrected chi connectivity index (χ3v) is 4.05. The number of rotatable bonds is 3. The molecular formula is C15H20N4O2. The van der Waals surface area contributed by atoms with Crippen LogP contribution in [0.5, 0.6) is 0 Å². The first kappa shape index (κ1) is 13.9. The lowest BCUT2D eigenvalue weighted by Crippen LogP contribution is -2.38. The van der Waals surface area contributed by atoms with E-state index in [1.807, 2.05) is 24.8 Å². The average Bonchev–Trinajstić information content (AvgIpc) is 3.15. The van der Waals surface area contributed by atoms with E-state index >= 15 is 0 Å². The summed E-state index contributed by atoms with van der Waals surface area (Å²) in [5.74, 6) is 1.23. The van der Waals surface area contributed by atoms with E-state index in [0.29, 0.717) is 6.42 Å². The van der Waals surface area contributed by atoms with Gasteiger partial charge in [0.25, 0.3) is 0 Å². The molecule has 2 aromatic rings. The summed E-state index contributed by atoms with van der Waals surface area (Å²) < 4.78 is 5.35. The molecule has 112 valence electrons. The van der Waals surface area contributed by atoms with Gasteiger partial charge >= 0.3 is 0 Å². The molecule has 21 heavy (non-hydrogen) atoms. The topological polar surface area (TPSA) is 75.0 Å². The van der Waals surface area contributed by atoms with Crippen molar-refractivity contribution in [2.75, 3.05) is 13.1 Å². The Bertz CT molecular complexity index is 631. The monoisotopic (exact) mass is 288 g/mol. The summed E-state index contributed by atoms with van der Waals surface area (Å²) in [5.41, 5.74) is 2.84. The van der Waals surface area contributed by atoms with E-state index in [1.165, 1.54) is 0 Å². The number of carbonyl (C=O) groups excluding carboxylic acids is 1. The lowest BCUT2D eigenvalue weighted by Gasteiger charge is -2.32. The molecule has 0 unspecified atom stereocenters. The molecule has 1 aliphatic heterocycles. The first-order valence-electron chi connectivity index (χ1n) is 7.43. The van der Waals surface area contributed by atoms with Gasteiger partial charge in [0.2, 0.25) is 5.91 Å². The van der Waals surface area contributed by atoms with Crippen molar-refractivity contribution in [3.8, 4) is 11.3 Å². The molecule has 0 radical (unpaired) electrons. The van der Waals surface area contributed by atoms with Gasteiger partial charge in [0.05, 0.1) is 23.1 Å². The van der Waals surface area contributed by atoms with Crippen LogP contribution in [0.15, 0.2) is 16.8 Å². The molecule has 1 saturated heterocycles. The first-order valence-corrected chi connectivity index (χ1v) is 7.43.